The highest BCUT2D eigenvalue weighted by atomic mass is 16.3. The summed E-state index contributed by atoms with van der Waals surface area (Å²) < 4.78 is 0. The zero-order valence-electron chi connectivity index (χ0n) is 10.3. The lowest BCUT2D eigenvalue weighted by Gasteiger charge is -2.12. The van der Waals surface area contributed by atoms with Gasteiger partial charge in [-0.3, -0.25) is 0 Å². The number of nitrogens with zero attached hydrogens (tertiary/aromatic N) is 2. The molecule has 16 heavy (non-hydrogen) atoms. The van der Waals surface area contributed by atoms with Crippen LogP contribution in [0.2, 0.25) is 0 Å². The van der Waals surface area contributed by atoms with Gasteiger partial charge in [0.1, 0.15) is 11.3 Å². The molecule has 2 aromatic rings. The number of rotatable bonds is 0. The van der Waals surface area contributed by atoms with Crippen LogP contribution in [0.4, 0.5) is 0 Å². The molecular formula is C13H16N2O. The number of aromatic nitrogens is 2. The minimum Gasteiger partial charge on any atom is -0.505 e. The maximum Gasteiger partial charge on any atom is 0.146 e. The second-order valence-electron chi connectivity index (χ2n) is 4.32. The van der Waals surface area contributed by atoms with Crippen LogP contribution in [-0.2, 0) is 0 Å². The third-order valence-corrected chi connectivity index (χ3v) is 3.37. The van der Waals surface area contributed by atoms with Crippen molar-refractivity contribution in [3.8, 4) is 5.75 Å². The first-order chi connectivity index (χ1) is 7.43. The summed E-state index contributed by atoms with van der Waals surface area (Å²) in [5, 5.41) is 10.1. The van der Waals surface area contributed by atoms with Crippen LogP contribution in [0.25, 0.3) is 11.0 Å². The van der Waals surface area contributed by atoms with E-state index >= 15 is 0 Å². The van der Waals surface area contributed by atoms with Gasteiger partial charge in [0.15, 0.2) is 0 Å². The highest BCUT2D eigenvalue weighted by Crippen LogP contribution is 2.32. The third kappa shape index (κ3) is 1.35. The summed E-state index contributed by atoms with van der Waals surface area (Å²) in [5.41, 5.74) is 6.28. The summed E-state index contributed by atoms with van der Waals surface area (Å²) in [4.78, 5) is 8.94. The van der Waals surface area contributed by atoms with Crippen LogP contribution >= 0.6 is 0 Å². The maximum atomic E-state index is 10.1. The Bertz CT molecular complexity index is 536. The first kappa shape index (κ1) is 10.9. The lowest BCUT2D eigenvalue weighted by Crippen LogP contribution is -1.99. The Morgan fingerprint density at radius 2 is 1.19 bits per heavy atom. The zero-order chi connectivity index (χ0) is 12.0. The molecule has 0 saturated heterocycles. The minimum atomic E-state index is 0.258. The van der Waals surface area contributed by atoms with Crippen LogP contribution < -0.4 is 0 Å². The van der Waals surface area contributed by atoms with Crippen molar-refractivity contribution >= 4 is 11.0 Å². The van der Waals surface area contributed by atoms with Crippen molar-refractivity contribution < 1.29 is 5.11 Å². The Kier molecular flexibility index (Phi) is 2.34. The molecule has 0 atom stereocenters. The van der Waals surface area contributed by atoms with E-state index in [1.165, 1.54) is 0 Å². The van der Waals surface area contributed by atoms with Gasteiger partial charge in [-0.05, 0) is 51.3 Å². The summed E-state index contributed by atoms with van der Waals surface area (Å²) in [6.45, 7) is 9.78. The molecule has 84 valence electrons. The predicted octanol–water partition coefficient (Wildman–Crippen LogP) is 2.88. The summed E-state index contributed by atoms with van der Waals surface area (Å²) in [6.07, 6.45) is 0. The van der Waals surface area contributed by atoms with Crippen LogP contribution in [-0.4, -0.2) is 15.1 Å². The largest absolute Gasteiger partial charge is 0.505 e. The number of hydrogen-bond donors (Lipinski definition) is 1. The Morgan fingerprint density at radius 1 is 0.688 bits per heavy atom. The molecule has 1 aromatic carbocycles. The van der Waals surface area contributed by atoms with Gasteiger partial charge in [-0.25, -0.2) is 9.97 Å². The van der Waals surface area contributed by atoms with Crippen molar-refractivity contribution in [2.24, 2.45) is 0 Å². The lowest BCUT2D eigenvalue weighted by molar-refractivity contribution is 0.475. The summed E-state index contributed by atoms with van der Waals surface area (Å²) >= 11 is 0. The number of fused-ring (bicyclic) bond motifs is 1. The van der Waals surface area contributed by atoms with Crippen molar-refractivity contribution in [1.29, 1.82) is 0 Å². The van der Waals surface area contributed by atoms with Gasteiger partial charge in [-0.1, -0.05) is 0 Å². The molecule has 0 spiro atoms. The Hall–Kier alpha value is -1.64. The number of aryl methyl sites for hydroxylation is 3. The standard InChI is InChI=1S/C13H16N2O/c1-6-7(2)11-12(13(16)8(6)3)15-10(5)9(4)14-11/h16H,1-5H3. The normalized spacial score (nSPS) is 11.1. The molecule has 3 nitrogen and oxygen atoms in total. The molecule has 0 aliphatic heterocycles. The van der Waals surface area contributed by atoms with Crippen molar-refractivity contribution in [3.05, 3.63) is 28.1 Å². The van der Waals surface area contributed by atoms with Crippen LogP contribution in [0.15, 0.2) is 0 Å². The van der Waals surface area contributed by atoms with Crippen LogP contribution in [0.5, 0.6) is 5.75 Å². The third-order valence-electron chi connectivity index (χ3n) is 3.37. The molecule has 0 aliphatic carbocycles. The molecule has 0 unspecified atom stereocenters. The van der Waals surface area contributed by atoms with E-state index in [-0.39, 0.29) is 5.75 Å². The highest BCUT2D eigenvalue weighted by Gasteiger charge is 2.14. The molecule has 3 heteroatoms. The molecule has 1 heterocycles. The quantitative estimate of drug-likeness (QED) is 0.736. The van der Waals surface area contributed by atoms with Gasteiger partial charge < -0.3 is 5.11 Å². The molecule has 0 fully saturated rings. The van der Waals surface area contributed by atoms with E-state index < -0.39 is 0 Å². The monoisotopic (exact) mass is 216 g/mol. The Balaban J connectivity index is 3.02. The van der Waals surface area contributed by atoms with E-state index in [1.807, 2.05) is 34.6 Å². The van der Waals surface area contributed by atoms with Gasteiger partial charge in [0, 0.05) is 0 Å². The fourth-order valence-corrected chi connectivity index (χ4v) is 1.84. The molecule has 1 N–H and O–H groups in total. The number of aromatic hydroxyl groups is 1. The second kappa shape index (κ2) is 3.44. The van der Waals surface area contributed by atoms with E-state index in [2.05, 4.69) is 9.97 Å². The SMILES string of the molecule is Cc1nc2c(C)c(C)c(C)c(O)c2nc1C. The van der Waals surface area contributed by atoms with Crippen LogP contribution in [0.3, 0.4) is 0 Å². The number of phenolic OH excluding ortho intramolecular Hbond substituents is 1. The van der Waals surface area contributed by atoms with Gasteiger partial charge in [0.2, 0.25) is 0 Å². The fraction of sp³-hybridized carbons (Fsp3) is 0.385. The fourth-order valence-electron chi connectivity index (χ4n) is 1.84. The average Bonchev–Trinajstić information content (AvgIpc) is 2.26. The highest BCUT2D eigenvalue weighted by molar-refractivity contribution is 5.86. The summed E-state index contributed by atoms with van der Waals surface area (Å²) in [7, 11) is 0. The van der Waals surface area contributed by atoms with Gasteiger partial charge >= 0.3 is 0 Å². The molecular weight excluding hydrogens is 200 g/mol. The Morgan fingerprint density at radius 3 is 1.75 bits per heavy atom. The topological polar surface area (TPSA) is 46.0 Å². The first-order valence-corrected chi connectivity index (χ1v) is 5.37. The van der Waals surface area contributed by atoms with Gasteiger partial charge in [0.05, 0.1) is 16.9 Å². The molecule has 0 amide bonds. The molecule has 2 rings (SSSR count). The zero-order valence-corrected chi connectivity index (χ0v) is 10.3. The smallest absolute Gasteiger partial charge is 0.146 e. The summed E-state index contributed by atoms with van der Waals surface area (Å²) in [5.74, 6) is 0.258. The first-order valence-electron chi connectivity index (χ1n) is 5.37. The Labute approximate surface area is 95.2 Å². The molecule has 0 saturated carbocycles. The van der Waals surface area contributed by atoms with Crippen molar-refractivity contribution in [3.63, 3.8) is 0 Å². The van der Waals surface area contributed by atoms with E-state index in [0.717, 1.165) is 33.6 Å². The van der Waals surface area contributed by atoms with Gasteiger partial charge in [-0.15, -0.1) is 0 Å². The van der Waals surface area contributed by atoms with Gasteiger partial charge in [0.25, 0.3) is 0 Å². The maximum absolute atomic E-state index is 10.1. The number of benzene rings is 1. The predicted molar refractivity (Wildman–Crippen MR) is 64.9 cm³/mol. The van der Waals surface area contributed by atoms with Crippen LogP contribution in [0, 0.1) is 34.6 Å². The number of hydrogen-bond acceptors (Lipinski definition) is 3. The molecule has 0 bridgehead atoms. The van der Waals surface area contributed by atoms with E-state index in [0.29, 0.717) is 5.52 Å². The molecule has 0 aliphatic rings. The summed E-state index contributed by atoms with van der Waals surface area (Å²) in [6, 6.07) is 0. The average molecular weight is 216 g/mol. The van der Waals surface area contributed by atoms with E-state index in [9.17, 15) is 5.11 Å². The number of phenols is 1. The molecule has 1 aromatic heterocycles. The second-order valence-corrected chi connectivity index (χ2v) is 4.32. The minimum absolute atomic E-state index is 0.258. The van der Waals surface area contributed by atoms with Crippen molar-refractivity contribution in [2.45, 2.75) is 34.6 Å². The van der Waals surface area contributed by atoms with Crippen molar-refractivity contribution in [1.82, 2.24) is 9.97 Å². The van der Waals surface area contributed by atoms with Crippen molar-refractivity contribution in [2.75, 3.05) is 0 Å². The lowest BCUT2D eigenvalue weighted by atomic mass is 10.0. The van der Waals surface area contributed by atoms with Crippen LogP contribution in [0.1, 0.15) is 28.1 Å². The van der Waals surface area contributed by atoms with Gasteiger partial charge in [-0.2, -0.15) is 0 Å². The van der Waals surface area contributed by atoms with E-state index in [4.69, 9.17) is 0 Å². The van der Waals surface area contributed by atoms with E-state index in [1.54, 1.807) is 0 Å². The molecule has 0 radical (unpaired) electrons.